The molecule has 0 unspecified atom stereocenters. The van der Waals surface area contributed by atoms with Crippen molar-refractivity contribution in [3.63, 3.8) is 0 Å². The maximum Gasteiger partial charge on any atom is 0.235 e. The summed E-state index contributed by atoms with van der Waals surface area (Å²) in [6.07, 6.45) is 1.23. The number of aryl methyl sites for hydroxylation is 1. The first kappa shape index (κ1) is 17.1. The average molecular weight is 371 g/mol. The molecule has 134 valence electrons. The number of hydrogen-bond donors (Lipinski definition) is 1. The second kappa shape index (κ2) is 6.74. The summed E-state index contributed by atoms with van der Waals surface area (Å²) in [5.74, 6) is 0.547. The SMILES string of the molecule is Cc1nc2cc(NC(=O)C3(c4cccc(Cl)c4)CCOCC3)ccc2o1. The van der Waals surface area contributed by atoms with Crippen LogP contribution in [-0.4, -0.2) is 24.1 Å². The topological polar surface area (TPSA) is 64.4 Å². The minimum Gasteiger partial charge on any atom is -0.441 e. The highest BCUT2D eigenvalue weighted by atomic mass is 35.5. The van der Waals surface area contributed by atoms with Crippen molar-refractivity contribution in [2.45, 2.75) is 25.2 Å². The van der Waals surface area contributed by atoms with E-state index in [1.165, 1.54) is 0 Å². The molecule has 26 heavy (non-hydrogen) atoms. The number of halogens is 1. The number of aromatic nitrogens is 1. The molecule has 0 spiro atoms. The number of oxazole rings is 1. The molecule has 3 aromatic rings. The fourth-order valence-electron chi connectivity index (χ4n) is 3.52. The van der Waals surface area contributed by atoms with E-state index in [0.717, 1.165) is 11.1 Å². The van der Waals surface area contributed by atoms with Gasteiger partial charge in [0.1, 0.15) is 5.52 Å². The molecule has 2 aromatic carbocycles. The van der Waals surface area contributed by atoms with Crippen molar-refractivity contribution >= 4 is 34.3 Å². The normalized spacial score (nSPS) is 16.5. The Morgan fingerprint density at radius 1 is 1.19 bits per heavy atom. The van der Waals surface area contributed by atoms with E-state index in [9.17, 15) is 4.79 Å². The minimum atomic E-state index is -0.655. The Kier molecular flexibility index (Phi) is 4.42. The van der Waals surface area contributed by atoms with Crippen molar-refractivity contribution < 1.29 is 13.9 Å². The number of rotatable bonds is 3. The Labute approximate surface area is 156 Å². The van der Waals surface area contributed by atoms with Crippen molar-refractivity contribution in [1.29, 1.82) is 0 Å². The van der Waals surface area contributed by atoms with Crippen LogP contribution in [0.25, 0.3) is 11.1 Å². The number of nitrogens with one attached hydrogen (secondary N) is 1. The number of fused-ring (bicyclic) bond motifs is 1. The summed E-state index contributed by atoms with van der Waals surface area (Å²) >= 11 is 6.18. The summed E-state index contributed by atoms with van der Waals surface area (Å²) in [5.41, 5.74) is 2.39. The predicted molar refractivity (Wildman–Crippen MR) is 101 cm³/mol. The number of hydrogen-bond acceptors (Lipinski definition) is 4. The van der Waals surface area contributed by atoms with Crippen LogP contribution < -0.4 is 5.32 Å². The van der Waals surface area contributed by atoms with Crippen LogP contribution in [0.3, 0.4) is 0 Å². The number of carbonyl (C=O) groups excluding carboxylic acids is 1. The highest BCUT2D eigenvalue weighted by Crippen LogP contribution is 2.37. The van der Waals surface area contributed by atoms with Gasteiger partial charge in [-0.25, -0.2) is 4.98 Å². The third-order valence-corrected chi connectivity index (χ3v) is 5.15. The van der Waals surface area contributed by atoms with Gasteiger partial charge < -0.3 is 14.5 Å². The summed E-state index contributed by atoms with van der Waals surface area (Å²) in [7, 11) is 0. The molecule has 1 aromatic heterocycles. The van der Waals surface area contributed by atoms with Crippen molar-refractivity contribution in [3.8, 4) is 0 Å². The van der Waals surface area contributed by atoms with Crippen LogP contribution in [0.15, 0.2) is 46.9 Å². The van der Waals surface area contributed by atoms with E-state index in [4.69, 9.17) is 20.8 Å². The van der Waals surface area contributed by atoms with Gasteiger partial charge in [0.05, 0.1) is 5.41 Å². The third-order valence-electron chi connectivity index (χ3n) is 4.91. The summed E-state index contributed by atoms with van der Waals surface area (Å²) in [6, 6.07) is 13.0. The lowest BCUT2D eigenvalue weighted by molar-refractivity contribution is -0.125. The monoisotopic (exact) mass is 370 g/mol. The molecule has 2 heterocycles. The van der Waals surface area contributed by atoms with Gasteiger partial charge in [-0.05, 0) is 48.7 Å². The van der Waals surface area contributed by atoms with Gasteiger partial charge in [0, 0.05) is 30.8 Å². The van der Waals surface area contributed by atoms with E-state index in [1.807, 2.05) is 42.5 Å². The molecule has 0 saturated carbocycles. The molecule has 6 heteroatoms. The first-order valence-corrected chi connectivity index (χ1v) is 8.97. The lowest BCUT2D eigenvalue weighted by Gasteiger charge is -2.36. The standard InChI is InChI=1S/C20H19ClN2O3/c1-13-22-17-12-16(5-6-18(17)26-13)23-19(24)20(7-9-25-10-8-20)14-3-2-4-15(21)11-14/h2-6,11-12H,7-10H2,1H3,(H,23,24). The third kappa shape index (κ3) is 3.08. The average Bonchev–Trinajstić information content (AvgIpc) is 3.01. The molecule has 0 radical (unpaired) electrons. The molecule has 1 aliphatic heterocycles. The maximum atomic E-state index is 13.3. The quantitative estimate of drug-likeness (QED) is 0.738. The fourth-order valence-corrected chi connectivity index (χ4v) is 3.71. The van der Waals surface area contributed by atoms with Gasteiger partial charge in [-0.3, -0.25) is 4.79 Å². The molecule has 0 bridgehead atoms. The van der Waals surface area contributed by atoms with E-state index in [2.05, 4.69) is 10.3 Å². The Hall–Kier alpha value is -2.37. The van der Waals surface area contributed by atoms with Gasteiger partial charge in [0.25, 0.3) is 0 Å². The van der Waals surface area contributed by atoms with Gasteiger partial charge in [0.15, 0.2) is 11.5 Å². The number of benzene rings is 2. The molecule has 1 amide bonds. The van der Waals surface area contributed by atoms with Gasteiger partial charge in [-0.2, -0.15) is 0 Å². The molecular formula is C20H19ClN2O3. The first-order chi connectivity index (χ1) is 12.6. The molecule has 1 fully saturated rings. The molecule has 0 atom stereocenters. The van der Waals surface area contributed by atoms with Crippen LogP contribution in [0.1, 0.15) is 24.3 Å². The van der Waals surface area contributed by atoms with Crippen LogP contribution >= 0.6 is 11.6 Å². The largest absolute Gasteiger partial charge is 0.441 e. The van der Waals surface area contributed by atoms with E-state index in [1.54, 1.807) is 6.92 Å². The molecule has 1 N–H and O–H groups in total. The van der Waals surface area contributed by atoms with E-state index < -0.39 is 5.41 Å². The van der Waals surface area contributed by atoms with E-state index in [0.29, 0.717) is 48.2 Å². The summed E-state index contributed by atoms with van der Waals surface area (Å²) in [5, 5.41) is 3.68. The van der Waals surface area contributed by atoms with Crippen molar-refractivity contribution in [1.82, 2.24) is 4.98 Å². The Morgan fingerprint density at radius 3 is 2.77 bits per heavy atom. The van der Waals surface area contributed by atoms with Crippen molar-refractivity contribution in [2.24, 2.45) is 0 Å². The smallest absolute Gasteiger partial charge is 0.235 e. The first-order valence-electron chi connectivity index (χ1n) is 8.59. The number of carbonyl (C=O) groups is 1. The highest BCUT2D eigenvalue weighted by Gasteiger charge is 2.41. The van der Waals surface area contributed by atoms with Crippen LogP contribution in [-0.2, 0) is 14.9 Å². The van der Waals surface area contributed by atoms with Crippen LogP contribution in [0.5, 0.6) is 0 Å². The Balaban J connectivity index is 1.67. The maximum absolute atomic E-state index is 13.3. The molecule has 4 rings (SSSR count). The number of anilines is 1. The van der Waals surface area contributed by atoms with E-state index in [-0.39, 0.29) is 5.91 Å². The second-order valence-electron chi connectivity index (χ2n) is 6.57. The lowest BCUT2D eigenvalue weighted by Crippen LogP contribution is -2.44. The van der Waals surface area contributed by atoms with Crippen molar-refractivity contribution in [2.75, 3.05) is 18.5 Å². The summed E-state index contributed by atoms with van der Waals surface area (Å²) in [4.78, 5) is 17.6. The molecule has 1 saturated heterocycles. The van der Waals surface area contributed by atoms with Crippen molar-refractivity contribution in [3.05, 3.63) is 58.9 Å². The van der Waals surface area contributed by atoms with Crippen LogP contribution in [0, 0.1) is 6.92 Å². The Bertz CT molecular complexity index is 961. The lowest BCUT2D eigenvalue weighted by atomic mass is 9.73. The number of ether oxygens (including phenoxy) is 1. The summed E-state index contributed by atoms with van der Waals surface area (Å²) in [6.45, 7) is 2.89. The van der Waals surface area contributed by atoms with Crippen LogP contribution in [0.2, 0.25) is 5.02 Å². The van der Waals surface area contributed by atoms with Gasteiger partial charge in [-0.15, -0.1) is 0 Å². The second-order valence-corrected chi connectivity index (χ2v) is 7.01. The zero-order valence-corrected chi connectivity index (χ0v) is 15.2. The molecule has 0 aliphatic carbocycles. The van der Waals surface area contributed by atoms with Gasteiger partial charge in [0.2, 0.25) is 5.91 Å². The molecule has 1 aliphatic rings. The zero-order chi connectivity index (χ0) is 18.1. The summed E-state index contributed by atoms with van der Waals surface area (Å²) < 4.78 is 11.0. The highest BCUT2D eigenvalue weighted by molar-refractivity contribution is 6.30. The van der Waals surface area contributed by atoms with E-state index >= 15 is 0 Å². The van der Waals surface area contributed by atoms with Gasteiger partial charge in [-0.1, -0.05) is 23.7 Å². The molecular weight excluding hydrogens is 352 g/mol. The predicted octanol–water partition coefficient (Wildman–Crippen LogP) is 4.48. The van der Waals surface area contributed by atoms with Gasteiger partial charge >= 0.3 is 0 Å². The fraction of sp³-hybridized carbons (Fsp3) is 0.300. The Morgan fingerprint density at radius 2 is 2.00 bits per heavy atom. The zero-order valence-electron chi connectivity index (χ0n) is 14.4. The number of nitrogens with zero attached hydrogens (tertiary/aromatic N) is 1. The van der Waals surface area contributed by atoms with Crippen LogP contribution in [0.4, 0.5) is 5.69 Å². The minimum absolute atomic E-state index is 0.0531. The number of amides is 1. The molecule has 5 nitrogen and oxygen atoms in total.